The number of thiazole rings is 1. The summed E-state index contributed by atoms with van der Waals surface area (Å²) in [6.45, 7) is 1.46. The van der Waals surface area contributed by atoms with Crippen molar-refractivity contribution in [3.05, 3.63) is 58.7 Å². The van der Waals surface area contributed by atoms with Crippen molar-refractivity contribution in [1.29, 1.82) is 0 Å². The van der Waals surface area contributed by atoms with E-state index in [9.17, 15) is 9.59 Å². The van der Waals surface area contributed by atoms with Crippen molar-refractivity contribution in [3.63, 3.8) is 0 Å². The second-order valence-electron chi connectivity index (χ2n) is 5.12. The van der Waals surface area contributed by atoms with Crippen molar-refractivity contribution in [2.24, 2.45) is 0 Å². The first-order chi connectivity index (χ1) is 12.0. The molecule has 25 heavy (non-hydrogen) atoms. The molecule has 0 atom stereocenters. The summed E-state index contributed by atoms with van der Waals surface area (Å²) in [5.74, 6) is -0.422. The third kappa shape index (κ3) is 4.40. The topological polar surface area (TPSA) is 84.0 Å². The van der Waals surface area contributed by atoms with Crippen molar-refractivity contribution in [1.82, 2.24) is 9.97 Å². The summed E-state index contributed by atoms with van der Waals surface area (Å²) in [6.07, 6.45) is 1.47. The lowest BCUT2D eigenvalue weighted by Crippen LogP contribution is -2.11. The predicted molar refractivity (Wildman–Crippen MR) is 99.1 cm³/mol. The average Bonchev–Trinajstić information content (AvgIpc) is 3.03. The number of anilines is 2. The lowest BCUT2D eigenvalue weighted by molar-refractivity contribution is -0.114. The number of amides is 2. The largest absolute Gasteiger partial charge is 0.326 e. The molecule has 0 unspecified atom stereocenters. The monoisotopic (exact) mass is 372 g/mol. The number of halogens is 1. The standard InChI is InChI=1S/C17H13ClN4O2S/c1-10(23)20-13-4-2-11(3-5-13)14-9-25-17(21-14)22-16(24)12-6-7-19-15(18)8-12/h2-9H,1H3,(H,20,23)(H,21,22,24). The highest BCUT2D eigenvalue weighted by Crippen LogP contribution is 2.26. The second-order valence-corrected chi connectivity index (χ2v) is 6.36. The fourth-order valence-corrected chi connectivity index (χ4v) is 2.99. The number of hydrogen-bond donors (Lipinski definition) is 2. The number of pyridine rings is 1. The summed E-state index contributed by atoms with van der Waals surface area (Å²) < 4.78 is 0. The Balaban J connectivity index is 1.72. The second kappa shape index (κ2) is 7.42. The van der Waals surface area contributed by atoms with E-state index in [4.69, 9.17) is 11.6 Å². The Labute approximate surface area is 152 Å². The van der Waals surface area contributed by atoms with E-state index >= 15 is 0 Å². The van der Waals surface area contributed by atoms with E-state index in [1.54, 1.807) is 18.2 Å². The highest BCUT2D eigenvalue weighted by atomic mass is 35.5. The van der Waals surface area contributed by atoms with Gasteiger partial charge in [0.25, 0.3) is 5.91 Å². The SMILES string of the molecule is CC(=O)Nc1ccc(-c2csc(NC(=O)c3ccnc(Cl)c3)n2)cc1. The molecule has 0 aliphatic rings. The zero-order valence-electron chi connectivity index (χ0n) is 13.1. The highest BCUT2D eigenvalue weighted by Gasteiger charge is 2.11. The fourth-order valence-electron chi connectivity index (χ4n) is 2.10. The molecule has 0 aliphatic carbocycles. The van der Waals surface area contributed by atoms with Crippen LogP contribution in [0.3, 0.4) is 0 Å². The van der Waals surface area contributed by atoms with Crippen LogP contribution in [0.1, 0.15) is 17.3 Å². The van der Waals surface area contributed by atoms with E-state index in [2.05, 4.69) is 20.6 Å². The summed E-state index contributed by atoms with van der Waals surface area (Å²) in [4.78, 5) is 31.5. The van der Waals surface area contributed by atoms with Crippen molar-refractivity contribution in [2.75, 3.05) is 10.6 Å². The van der Waals surface area contributed by atoms with Crippen LogP contribution >= 0.6 is 22.9 Å². The van der Waals surface area contributed by atoms with Crippen LogP contribution in [0, 0.1) is 0 Å². The van der Waals surface area contributed by atoms with E-state index in [0.717, 1.165) is 16.9 Å². The van der Waals surface area contributed by atoms with Crippen LogP contribution in [0.5, 0.6) is 0 Å². The quantitative estimate of drug-likeness (QED) is 0.676. The first-order valence-corrected chi connectivity index (χ1v) is 8.53. The molecular formula is C17H13ClN4O2S. The minimum atomic E-state index is -0.300. The number of carbonyl (C=O) groups is 2. The molecule has 0 aliphatic heterocycles. The average molecular weight is 373 g/mol. The van der Waals surface area contributed by atoms with E-state index in [1.807, 2.05) is 17.5 Å². The van der Waals surface area contributed by atoms with Gasteiger partial charge in [-0.1, -0.05) is 23.7 Å². The Morgan fingerprint density at radius 3 is 2.56 bits per heavy atom. The Kier molecular flexibility index (Phi) is 5.06. The van der Waals surface area contributed by atoms with Crippen LogP contribution in [0.4, 0.5) is 10.8 Å². The van der Waals surface area contributed by atoms with E-state index in [0.29, 0.717) is 10.7 Å². The maximum absolute atomic E-state index is 12.2. The zero-order valence-corrected chi connectivity index (χ0v) is 14.7. The summed E-state index contributed by atoms with van der Waals surface area (Å²) in [7, 11) is 0. The van der Waals surface area contributed by atoms with Crippen LogP contribution in [-0.2, 0) is 4.79 Å². The van der Waals surface area contributed by atoms with Crippen molar-refractivity contribution < 1.29 is 9.59 Å². The molecule has 2 N–H and O–H groups in total. The molecule has 1 aromatic carbocycles. The lowest BCUT2D eigenvalue weighted by Gasteiger charge is -2.03. The molecule has 0 radical (unpaired) electrons. The van der Waals surface area contributed by atoms with Gasteiger partial charge in [0.05, 0.1) is 5.69 Å². The van der Waals surface area contributed by atoms with E-state index < -0.39 is 0 Å². The number of nitrogens with zero attached hydrogens (tertiary/aromatic N) is 2. The molecule has 126 valence electrons. The molecule has 0 saturated carbocycles. The third-order valence-electron chi connectivity index (χ3n) is 3.21. The van der Waals surface area contributed by atoms with Gasteiger partial charge in [0.2, 0.25) is 5.91 Å². The Morgan fingerprint density at radius 2 is 1.88 bits per heavy atom. The Morgan fingerprint density at radius 1 is 1.12 bits per heavy atom. The molecular weight excluding hydrogens is 360 g/mol. The number of nitrogens with one attached hydrogen (secondary N) is 2. The van der Waals surface area contributed by atoms with Gasteiger partial charge < -0.3 is 5.32 Å². The van der Waals surface area contributed by atoms with Gasteiger partial charge in [-0.15, -0.1) is 11.3 Å². The zero-order chi connectivity index (χ0) is 17.8. The summed E-state index contributed by atoms with van der Waals surface area (Å²) in [5, 5.41) is 8.04. The Hall–Kier alpha value is -2.77. The molecule has 3 rings (SSSR count). The first-order valence-electron chi connectivity index (χ1n) is 7.28. The van der Waals surface area contributed by atoms with Gasteiger partial charge >= 0.3 is 0 Å². The number of rotatable bonds is 4. The number of hydrogen-bond acceptors (Lipinski definition) is 5. The number of benzene rings is 1. The van der Waals surface area contributed by atoms with Crippen molar-refractivity contribution in [3.8, 4) is 11.3 Å². The van der Waals surface area contributed by atoms with Gasteiger partial charge in [0.1, 0.15) is 5.15 Å². The van der Waals surface area contributed by atoms with Gasteiger partial charge in [0, 0.05) is 35.3 Å². The predicted octanol–water partition coefficient (Wildman–Crippen LogP) is 4.07. The van der Waals surface area contributed by atoms with Gasteiger partial charge in [-0.3, -0.25) is 14.9 Å². The normalized spacial score (nSPS) is 10.3. The fraction of sp³-hybridized carbons (Fsp3) is 0.0588. The lowest BCUT2D eigenvalue weighted by atomic mass is 10.1. The van der Waals surface area contributed by atoms with Crippen LogP contribution in [-0.4, -0.2) is 21.8 Å². The van der Waals surface area contributed by atoms with Gasteiger partial charge in [0.15, 0.2) is 5.13 Å². The van der Waals surface area contributed by atoms with Crippen LogP contribution in [0.2, 0.25) is 5.15 Å². The number of carbonyl (C=O) groups excluding carboxylic acids is 2. The first kappa shape index (κ1) is 17.1. The minimum Gasteiger partial charge on any atom is -0.326 e. The van der Waals surface area contributed by atoms with Crippen LogP contribution in [0.15, 0.2) is 48.0 Å². The summed E-state index contributed by atoms with van der Waals surface area (Å²) in [6, 6.07) is 10.4. The molecule has 2 aromatic heterocycles. The van der Waals surface area contributed by atoms with Gasteiger partial charge in [-0.25, -0.2) is 9.97 Å². The summed E-state index contributed by atoms with van der Waals surface area (Å²) in [5.41, 5.74) is 2.76. The minimum absolute atomic E-state index is 0.123. The van der Waals surface area contributed by atoms with Gasteiger partial charge in [-0.2, -0.15) is 0 Å². The van der Waals surface area contributed by atoms with Crippen LogP contribution < -0.4 is 10.6 Å². The third-order valence-corrected chi connectivity index (χ3v) is 4.18. The molecule has 0 spiro atoms. The van der Waals surface area contributed by atoms with E-state index in [-0.39, 0.29) is 17.0 Å². The highest BCUT2D eigenvalue weighted by molar-refractivity contribution is 7.14. The van der Waals surface area contributed by atoms with Crippen molar-refractivity contribution >= 4 is 45.6 Å². The number of aromatic nitrogens is 2. The molecule has 2 heterocycles. The molecule has 0 bridgehead atoms. The Bertz CT molecular complexity index is 924. The van der Waals surface area contributed by atoms with Crippen molar-refractivity contribution in [2.45, 2.75) is 6.92 Å². The van der Waals surface area contributed by atoms with Gasteiger partial charge in [-0.05, 0) is 24.3 Å². The smallest absolute Gasteiger partial charge is 0.257 e. The maximum Gasteiger partial charge on any atom is 0.257 e. The van der Waals surface area contributed by atoms with E-state index in [1.165, 1.54) is 30.5 Å². The molecule has 0 fully saturated rings. The molecule has 2 amide bonds. The molecule has 3 aromatic rings. The molecule has 0 saturated heterocycles. The van der Waals surface area contributed by atoms with Crippen LogP contribution in [0.25, 0.3) is 11.3 Å². The molecule has 6 nitrogen and oxygen atoms in total. The maximum atomic E-state index is 12.2. The molecule has 8 heteroatoms. The summed E-state index contributed by atoms with van der Waals surface area (Å²) >= 11 is 7.11.